The monoisotopic (exact) mass is 112 g/mol. The maximum Gasteiger partial charge on any atom is 0.0829 e. The van der Waals surface area contributed by atoms with Crippen molar-refractivity contribution in [3.8, 4) is 0 Å². The first-order chi connectivity index (χ1) is 3.63. The van der Waals surface area contributed by atoms with Crippen LogP contribution in [0.3, 0.4) is 0 Å². The van der Waals surface area contributed by atoms with E-state index in [9.17, 15) is 5.11 Å². The van der Waals surface area contributed by atoms with Crippen molar-refractivity contribution in [3.63, 3.8) is 0 Å². The zero-order chi connectivity index (χ0) is 6.20. The number of allylic oxidation sites excluding steroid dienone is 1. The number of hydrogen-bond donors (Lipinski definition) is 1. The highest BCUT2D eigenvalue weighted by molar-refractivity contribution is 5.17. The van der Waals surface area contributed by atoms with Gasteiger partial charge in [-0.05, 0) is 32.3 Å². The van der Waals surface area contributed by atoms with Crippen LogP contribution < -0.4 is 0 Å². The molecule has 0 amide bonds. The fourth-order valence-electron chi connectivity index (χ4n) is 0.987. The van der Waals surface area contributed by atoms with E-state index in [0.717, 1.165) is 18.4 Å². The summed E-state index contributed by atoms with van der Waals surface area (Å²) in [5, 5.41) is 9.39. The van der Waals surface area contributed by atoms with Crippen LogP contribution in [0.15, 0.2) is 11.6 Å². The molecule has 0 spiro atoms. The van der Waals surface area contributed by atoms with Crippen LogP contribution in [0.1, 0.15) is 26.7 Å². The topological polar surface area (TPSA) is 20.2 Å². The van der Waals surface area contributed by atoms with Gasteiger partial charge in [0.2, 0.25) is 0 Å². The first-order valence-corrected chi connectivity index (χ1v) is 3.02. The van der Waals surface area contributed by atoms with E-state index in [1.165, 1.54) is 0 Å². The van der Waals surface area contributed by atoms with E-state index in [1.54, 1.807) is 0 Å². The molecule has 0 heterocycles. The molecule has 1 rings (SSSR count). The van der Waals surface area contributed by atoms with Crippen molar-refractivity contribution in [2.45, 2.75) is 32.3 Å². The summed E-state index contributed by atoms with van der Waals surface area (Å²) in [6.45, 7) is 3.85. The van der Waals surface area contributed by atoms with Gasteiger partial charge in [-0.3, -0.25) is 0 Å². The van der Waals surface area contributed by atoms with E-state index in [-0.39, 0.29) is 0 Å². The van der Waals surface area contributed by atoms with Crippen LogP contribution in [0.2, 0.25) is 0 Å². The van der Waals surface area contributed by atoms with Crippen LogP contribution in [-0.2, 0) is 0 Å². The summed E-state index contributed by atoms with van der Waals surface area (Å²) in [7, 11) is 0. The Morgan fingerprint density at radius 3 is 2.50 bits per heavy atom. The van der Waals surface area contributed by atoms with Crippen molar-refractivity contribution in [1.29, 1.82) is 0 Å². The van der Waals surface area contributed by atoms with Gasteiger partial charge in [-0.25, -0.2) is 0 Å². The molecule has 8 heavy (non-hydrogen) atoms. The normalized spacial score (nSPS) is 37.6. The fourth-order valence-corrected chi connectivity index (χ4v) is 0.987. The van der Waals surface area contributed by atoms with Crippen molar-refractivity contribution in [2.75, 3.05) is 0 Å². The molecule has 0 aromatic carbocycles. The van der Waals surface area contributed by atoms with E-state index in [2.05, 4.69) is 6.08 Å². The summed E-state index contributed by atoms with van der Waals surface area (Å²) in [5.74, 6) is 0. The van der Waals surface area contributed by atoms with Crippen LogP contribution in [-0.4, -0.2) is 10.7 Å². The summed E-state index contributed by atoms with van der Waals surface area (Å²) in [6.07, 6.45) is 4.04. The van der Waals surface area contributed by atoms with Gasteiger partial charge in [0, 0.05) is 0 Å². The highest BCUT2D eigenvalue weighted by atomic mass is 16.3. The Morgan fingerprint density at radius 2 is 2.38 bits per heavy atom. The van der Waals surface area contributed by atoms with Crippen molar-refractivity contribution in [1.82, 2.24) is 0 Å². The summed E-state index contributed by atoms with van der Waals surface area (Å²) in [6, 6.07) is 0. The fraction of sp³-hybridized carbons (Fsp3) is 0.714. The molecule has 1 aliphatic carbocycles. The Kier molecular flexibility index (Phi) is 1.16. The molecular formula is C7H12O. The molecule has 0 aliphatic heterocycles. The average molecular weight is 112 g/mol. The zero-order valence-corrected chi connectivity index (χ0v) is 5.44. The molecule has 0 saturated carbocycles. The standard InChI is InChI=1S/C7H12O/c1-6-4-3-5-7(6,2)8/h4,8H,3,5H2,1-2H3/t7-/m0/s1. The molecule has 1 atom stereocenters. The van der Waals surface area contributed by atoms with Crippen LogP contribution in [0.5, 0.6) is 0 Å². The van der Waals surface area contributed by atoms with Gasteiger partial charge in [0.1, 0.15) is 0 Å². The molecule has 1 heteroatoms. The predicted octanol–water partition coefficient (Wildman–Crippen LogP) is 1.48. The lowest BCUT2D eigenvalue weighted by molar-refractivity contribution is 0.0999. The van der Waals surface area contributed by atoms with Gasteiger partial charge in [-0.2, -0.15) is 0 Å². The molecule has 0 aromatic rings. The Labute approximate surface area is 50.0 Å². The van der Waals surface area contributed by atoms with E-state index in [4.69, 9.17) is 0 Å². The maximum atomic E-state index is 9.39. The van der Waals surface area contributed by atoms with E-state index >= 15 is 0 Å². The van der Waals surface area contributed by atoms with Crippen LogP contribution >= 0.6 is 0 Å². The maximum absolute atomic E-state index is 9.39. The molecule has 0 radical (unpaired) electrons. The minimum atomic E-state index is -0.486. The molecule has 0 unspecified atom stereocenters. The minimum Gasteiger partial charge on any atom is -0.386 e. The van der Waals surface area contributed by atoms with Crippen molar-refractivity contribution < 1.29 is 5.11 Å². The van der Waals surface area contributed by atoms with E-state index in [1.807, 2.05) is 13.8 Å². The van der Waals surface area contributed by atoms with Gasteiger partial charge in [0.25, 0.3) is 0 Å². The molecular weight excluding hydrogens is 100 g/mol. The van der Waals surface area contributed by atoms with Crippen LogP contribution in [0.4, 0.5) is 0 Å². The Balaban J connectivity index is 2.73. The van der Waals surface area contributed by atoms with Gasteiger partial charge in [0.15, 0.2) is 0 Å². The highest BCUT2D eigenvalue weighted by Gasteiger charge is 2.25. The third kappa shape index (κ3) is 0.781. The minimum absolute atomic E-state index is 0.486. The Bertz CT molecular complexity index is 122. The number of rotatable bonds is 0. The largest absolute Gasteiger partial charge is 0.386 e. The van der Waals surface area contributed by atoms with Crippen molar-refractivity contribution in [2.24, 2.45) is 0 Å². The van der Waals surface area contributed by atoms with Gasteiger partial charge in [-0.1, -0.05) is 6.08 Å². The molecule has 0 aromatic heterocycles. The average Bonchev–Trinajstić information content (AvgIpc) is 1.86. The molecule has 1 aliphatic rings. The number of hydrogen-bond acceptors (Lipinski definition) is 1. The predicted molar refractivity (Wildman–Crippen MR) is 33.6 cm³/mol. The van der Waals surface area contributed by atoms with Crippen molar-refractivity contribution >= 4 is 0 Å². The van der Waals surface area contributed by atoms with Gasteiger partial charge in [-0.15, -0.1) is 0 Å². The first kappa shape index (κ1) is 5.83. The van der Waals surface area contributed by atoms with Crippen LogP contribution in [0, 0.1) is 0 Å². The van der Waals surface area contributed by atoms with Crippen LogP contribution in [0.25, 0.3) is 0 Å². The second-order valence-electron chi connectivity index (χ2n) is 2.70. The second kappa shape index (κ2) is 1.59. The lowest BCUT2D eigenvalue weighted by Gasteiger charge is -2.17. The highest BCUT2D eigenvalue weighted by Crippen LogP contribution is 2.28. The lowest BCUT2D eigenvalue weighted by atomic mass is 10.0. The van der Waals surface area contributed by atoms with Gasteiger partial charge in [0.05, 0.1) is 5.60 Å². The molecule has 0 fully saturated rings. The Hall–Kier alpha value is -0.300. The van der Waals surface area contributed by atoms with Gasteiger partial charge < -0.3 is 5.11 Å². The van der Waals surface area contributed by atoms with Gasteiger partial charge >= 0.3 is 0 Å². The SMILES string of the molecule is CC1=CCC[C@]1(C)O. The summed E-state index contributed by atoms with van der Waals surface area (Å²) in [5.41, 5.74) is 0.637. The second-order valence-corrected chi connectivity index (χ2v) is 2.70. The summed E-state index contributed by atoms with van der Waals surface area (Å²) >= 11 is 0. The summed E-state index contributed by atoms with van der Waals surface area (Å²) in [4.78, 5) is 0. The lowest BCUT2D eigenvalue weighted by Crippen LogP contribution is -2.20. The third-order valence-electron chi connectivity index (χ3n) is 1.93. The smallest absolute Gasteiger partial charge is 0.0829 e. The molecule has 1 N–H and O–H groups in total. The van der Waals surface area contributed by atoms with E-state index in [0.29, 0.717) is 0 Å². The first-order valence-electron chi connectivity index (χ1n) is 3.02. The number of aliphatic hydroxyl groups is 1. The molecule has 1 nitrogen and oxygen atoms in total. The quantitative estimate of drug-likeness (QED) is 0.470. The Morgan fingerprint density at radius 1 is 1.75 bits per heavy atom. The third-order valence-corrected chi connectivity index (χ3v) is 1.93. The zero-order valence-electron chi connectivity index (χ0n) is 5.44. The van der Waals surface area contributed by atoms with Crippen molar-refractivity contribution in [3.05, 3.63) is 11.6 Å². The van der Waals surface area contributed by atoms with E-state index < -0.39 is 5.60 Å². The summed E-state index contributed by atoms with van der Waals surface area (Å²) < 4.78 is 0. The molecule has 0 saturated heterocycles. The molecule has 0 bridgehead atoms. The molecule has 46 valence electrons.